The Morgan fingerprint density at radius 1 is 0.957 bits per heavy atom. The molecule has 0 fully saturated rings. The van der Waals surface area contributed by atoms with Crippen LogP contribution < -0.4 is 4.74 Å². The van der Waals surface area contributed by atoms with Crippen LogP contribution in [0.2, 0.25) is 0 Å². The van der Waals surface area contributed by atoms with Crippen molar-refractivity contribution < 1.29 is 28.5 Å². The molecule has 0 atom stereocenters. The molecule has 0 aliphatic heterocycles. The maximum atomic E-state index is 14.3. The minimum Gasteiger partial charge on any atom is -0.504 e. The number of phenols is 1. The Bertz CT molecular complexity index is 544. The molecule has 0 heterocycles. The summed E-state index contributed by atoms with van der Waals surface area (Å²) in [7, 11) is 0. The van der Waals surface area contributed by atoms with E-state index in [1.54, 1.807) is 0 Å². The molecule has 1 aromatic carbocycles. The van der Waals surface area contributed by atoms with E-state index in [1.807, 2.05) is 13.8 Å². The number of carbonyl (C=O) groups is 1. The lowest BCUT2D eigenvalue weighted by Gasteiger charge is -2.16. The van der Waals surface area contributed by atoms with Crippen LogP contribution in [0, 0.1) is 11.6 Å². The molecule has 0 radical (unpaired) electrons. The van der Waals surface area contributed by atoms with Crippen molar-refractivity contribution in [1.82, 2.24) is 0 Å². The molecule has 0 spiro atoms. The largest absolute Gasteiger partial charge is 0.511 e. The zero-order valence-electron chi connectivity index (χ0n) is 13.6. The van der Waals surface area contributed by atoms with Gasteiger partial charge in [-0.1, -0.05) is 39.5 Å². The van der Waals surface area contributed by atoms with Crippen LogP contribution in [-0.2, 0) is 12.8 Å². The van der Waals surface area contributed by atoms with Crippen LogP contribution in [0.25, 0.3) is 0 Å². The summed E-state index contributed by atoms with van der Waals surface area (Å²) < 4.78 is 32.6. The van der Waals surface area contributed by atoms with E-state index in [0.717, 1.165) is 25.7 Å². The van der Waals surface area contributed by atoms with E-state index in [9.17, 15) is 18.7 Å². The first-order valence-electron chi connectivity index (χ1n) is 8.06. The van der Waals surface area contributed by atoms with E-state index < -0.39 is 29.3 Å². The molecule has 0 unspecified atom stereocenters. The summed E-state index contributed by atoms with van der Waals surface area (Å²) in [5, 5.41) is 18.8. The summed E-state index contributed by atoms with van der Waals surface area (Å²) in [4.78, 5) is 10.6. The number of benzene rings is 1. The Kier molecular flexibility index (Phi) is 7.78. The Labute approximate surface area is 135 Å². The van der Waals surface area contributed by atoms with Crippen molar-refractivity contribution >= 4 is 6.16 Å². The molecule has 130 valence electrons. The van der Waals surface area contributed by atoms with Crippen LogP contribution in [0.3, 0.4) is 0 Å². The zero-order chi connectivity index (χ0) is 17.4. The van der Waals surface area contributed by atoms with Gasteiger partial charge in [-0.15, -0.1) is 0 Å². The van der Waals surface area contributed by atoms with Crippen molar-refractivity contribution in [3.8, 4) is 11.5 Å². The van der Waals surface area contributed by atoms with Crippen LogP contribution in [-0.4, -0.2) is 16.4 Å². The standard InChI is InChI=1S/C17H24F2O4/c1-3-5-7-9-11-12(10-8-6-4-2)15(20)16(23-17(21)22)14(19)13(11)18/h20H,3-10H2,1-2H3,(H,21,22). The van der Waals surface area contributed by atoms with Crippen molar-refractivity contribution in [3.63, 3.8) is 0 Å². The molecule has 1 rings (SSSR count). The highest BCUT2D eigenvalue weighted by molar-refractivity contribution is 5.64. The third-order valence-electron chi connectivity index (χ3n) is 3.77. The maximum absolute atomic E-state index is 14.3. The number of halogens is 2. The lowest BCUT2D eigenvalue weighted by atomic mass is 9.95. The van der Waals surface area contributed by atoms with E-state index in [1.165, 1.54) is 0 Å². The van der Waals surface area contributed by atoms with Gasteiger partial charge in [-0.25, -0.2) is 9.18 Å². The second-order valence-electron chi connectivity index (χ2n) is 5.54. The Morgan fingerprint density at radius 3 is 1.96 bits per heavy atom. The van der Waals surface area contributed by atoms with Gasteiger partial charge in [0.25, 0.3) is 0 Å². The average Bonchev–Trinajstić information content (AvgIpc) is 2.51. The van der Waals surface area contributed by atoms with Crippen molar-refractivity contribution in [2.24, 2.45) is 0 Å². The van der Waals surface area contributed by atoms with Crippen molar-refractivity contribution in [3.05, 3.63) is 22.8 Å². The van der Waals surface area contributed by atoms with Crippen LogP contribution >= 0.6 is 0 Å². The molecule has 0 saturated heterocycles. The first kappa shape index (κ1) is 19.2. The van der Waals surface area contributed by atoms with Crippen molar-refractivity contribution in [2.45, 2.75) is 65.2 Å². The smallest absolute Gasteiger partial charge is 0.504 e. The third kappa shape index (κ3) is 5.08. The molecule has 1 aromatic rings. The summed E-state index contributed by atoms with van der Waals surface area (Å²) in [6.07, 6.45) is 3.85. The number of rotatable bonds is 9. The van der Waals surface area contributed by atoms with Gasteiger partial charge in [0.15, 0.2) is 11.6 Å². The molecule has 0 aliphatic rings. The molecule has 0 bridgehead atoms. The molecular weight excluding hydrogens is 306 g/mol. The molecule has 2 N–H and O–H groups in total. The van der Waals surface area contributed by atoms with Gasteiger partial charge in [0, 0.05) is 5.56 Å². The summed E-state index contributed by atoms with van der Waals surface area (Å²) in [5.41, 5.74) is 0.381. The van der Waals surface area contributed by atoms with Gasteiger partial charge < -0.3 is 14.9 Å². The number of carboxylic acid groups (broad SMARTS) is 1. The van der Waals surface area contributed by atoms with Gasteiger partial charge in [-0.2, -0.15) is 4.39 Å². The van der Waals surface area contributed by atoms with Crippen LogP contribution in [0.15, 0.2) is 0 Å². The number of ether oxygens (including phenoxy) is 1. The van der Waals surface area contributed by atoms with Crippen molar-refractivity contribution in [2.75, 3.05) is 0 Å². The van der Waals surface area contributed by atoms with Gasteiger partial charge >= 0.3 is 6.16 Å². The Morgan fingerprint density at radius 2 is 1.48 bits per heavy atom. The molecule has 4 nitrogen and oxygen atoms in total. The minimum atomic E-state index is -1.79. The van der Waals surface area contributed by atoms with E-state index in [2.05, 4.69) is 4.74 Å². The molecular formula is C17H24F2O4. The second-order valence-corrected chi connectivity index (χ2v) is 5.54. The van der Waals surface area contributed by atoms with Gasteiger partial charge in [-0.3, -0.25) is 0 Å². The van der Waals surface area contributed by atoms with E-state index in [-0.39, 0.29) is 11.1 Å². The summed E-state index contributed by atoms with van der Waals surface area (Å²) in [6, 6.07) is 0. The SMILES string of the molecule is CCCCCc1c(O)c(OC(=O)O)c(F)c(F)c1CCCCC. The first-order chi connectivity index (χ1) is 10.9. The average molecular weight is 330 g/mol. The summed E-state index contributed by atoms with van der Waals surface area (Å²) >= 11 is 0. The summed E-state index contributed by atoms with van der Waals surface area (Å²) in [6.45, 7) is 4.01. The zero-order valence-corrected chi connectivity index (χ0v) is 13.6. The predicted octanol–water partition coefficient (Wildman–Crippen LogP) is 5.19. The van der Waals surface area contributed by atoms with Gasteiger partial charge in [0.2, 0.25) is 11.6 Å². The van der Waals surface area contributed by atoms with Crippen LogP contribution in [0.5, 0.6) is 11.5 Å². The fraction of sp³-hybridized carbons (Fsp3) is 0.588. The van der Waals surface area contributed by atoms with E-state index >= 15 is 0 Å². The summed E-state index contributed by atoms with van der Waals surface area (Å²) in [5.74, 6) is -4.12. The third-order valence-corrected chi connectivity index (χ3v) is 3.77. The van der Waals surface area contributed by atoms with Gasteiger partial charge in [-0.05, 0) is 31.2 Å². The highest BCUT2D eigenvalue weighted by Gasteiger charge is 2.26. The fourth-order valence-electron chi connectivity index (χ4n) is 2.56. The van der Waals surface area contributed by atoms with Gasteiger partial charge in [0.1, 0.15) is 0 Å². The van der Waals surface area contributed by atoms with E-state index in [0.29, 0.717) is 25.7 Å². The normalized spacial score (nSPS) is 10.8. The van der Waals surface area contributed by atoms with Gasteiger partial charge in [0.05, 0.1) is 0 Å². The number of phenolic OH excluding ortho intramolecular Hbond substituents is 1. The highest BCUT2D eigenvalue weighted by Crippen LogP contribution is 2.39. The predicted molar refractivity (Wildman–Crippen MR) is 83.1 cm³/mol. The Hall–Kier alpha value is -1.85. The number of hydrogen-bond acceptors (Lipinski definition) is 3. The first-order valence-corrected chi connectivity index (χ1v) is 8.06. The number of unbranched alkanes of at least 4 members (excludes halogenated alkanes) is 4. The number of hydrogen-bond donors (Lipinski definition) is 2. The van der Waals surface area contributed by atoms with Crippen LogP contribution in [0.1, 0.15) is 63.5 Å². The molecule has 0 aliphatic carbocycles. The monoisotopic (exact) mass is 330 g/mol. The lowest BCUT2D eigenvalue weighted by molar-refractivity contribution is 0.140. The topological polar surface area (TPSA) is 66.8 Å². The Balaban J connectivity index is 3.26. The second kappa shape index (κ2) is 9.33. The molecule has 0 amide bonds. The quantitative estimate of drug-likeness (QED) is 0.371. The minimum absolute atomic E-state index is 0.127. The molecule has 6 heteroatoms. The molecule has 0 saturated carbocycles. The number of aromatic hydroxyl groups is 1. The van der Waals surface area contributed by atoms with Crippen LogP contribution in [0.4, 0.5) is 13.6 Å². The van der Waals surface area contributed by atoms with Crippen molar-refractivity contribution in [1.29, 1.82) is 0 Å². The highest BCUT2D eigenvalue weighted by atomic mass is 19.2. The maximum Gasteiger partial charge on any atom is 0.511 e. The molecule has 0 aromatic heterocycles. The van der Waals surface area contributed by atoms with E-state index in [4.69, 9.17) is 5.11 Å². The fourth-order valence-corrected chi connectivity index (χ4v) is 2.56. The lowest BCUT2D eigenvalue weighted by Crippen LogP contribution is -2.10. The molecule has 23 heavy (non-hydrogen) atoms.